The van der Waals surface area contributed by atoms with Gasteiger partial charge in [-0.25, -0.2) is 4.57 Å². The number of nitrogens with one attached hydrogen (secondary N) is 1. The number of phosphoric acid groups is 1. The molecule has 0 spiro atoms. The van der Waals surface area contributed by atoms with Gasteiger partial charge in [0, 0.05) is 6.42 Å². The van der Waals surface area contributed by atoms with E-state index in [4.69, 9.17) is 9.05 Å². The summed E-state index contributed by atoms with van der Waals surface area (Å²) in [5.74, 6) is -0.157. The van der Waals surface area contributed by atoms with E-state index >= 15 is 0 Å². The van der Waals surface area contributed by atoms with Crippen molar-refractivity contribution in [2.24, 2.45) is 0 Å². The summed E-state index contributed by atoms with van der Waals surface area (Å²) in [5, 5.41) is 13.7. The fourth-order valence-corrected chi connectivity index (χ4v) is 7.64. The summed E-state index contributed by atoms with van der Waals surface area (Å²) < 4.78 is 23.4. The van der Waals surface area contributed by atoms with Crippen LogP contribution < -0.4 is 5.32 Å². The van der Waals surface area contributed by atoms with E-state index in [1.165, 1.54) is 83.5 Å². The van der Waals surface area contributed by atoms with Crippen LogP contribution >= 0.6 is 7.82 Å². The number of likely N-dealkylation sites (N-methyl/N-ethyl adjacent to an activating group) is 1. The Kier molecular flexibility index (Phi) is 43.2. The van der Waals surface area contributed by atoms with Crippen LogP contribution in [-0.2, 0) is 18.4 Å². The van der Waals surface area contributed by atoms with Crippen LogP contribution in [0.25, 0.3) is 0 Å². The molecule has 0 heterocycles. The Morgan fingerprint density at radius 3 is 1.38 bits per heavy atom. The van der Waals surface area contributed by atoms with Crippen LogP contribution in [0.5, 0.6) is 0 Å². The lowest BCUT2D eigenvalue weighted by atomic mass is 10.0. The van der Waals surface area contributed by atoms with E-state index in [0.29, 0.717) is 23.9 Å². The number of carbonyl (C=O) groups is 1. The van der Waals surface area contributed by atoms with Crippen molar-refractivity contribution in [1.82, 2.24) is 5.32 Å². The molecule has 0 aromatic heterocycles. The van der Waals surface area contributed by atoms with E-state index in [9.17, 15) is 19.4 Å². The lowest BCUT2D eigenvalue weighted by Gasteiger charge is -2.26. The number of hydrogen-bond donors (Lipinski definition) is 3. The molecule has 3 atom stereocenters. The predicted octanol–water partition coefficient (Wildman–Crippen LogP) is 14.9. The third-order valence-corrected chi connectivity index (χ3v) is 11.9. The highest BCUT2D eigenvalue weighted by molar-refractivity contribution is 7.47. The van der Waals surface area contributed by atoms with Crippen LogP contribution in [0.15, 0.2) is 85.1 Å². The maximum Gasteiger partial charge on any atom is 0.472 e. The molecule has 0 aliphatic carbocycles. The number of carbonyl (C=O) groups excluding carboxylic acids is 1. The Labute approximate surface area is 388 Å². The van der Waals surface area contributed by atoms with Gasteiger partial charge in [-0.2, -0.15) is 0 Å². The second-order valence-corrected chi connectivity index (χ2v) is 19.6. The molecule has 8 nitrogen and oxygen atoms in total. The number of aliphatic hydroxyl groups is 1. The Bertz CT molecular complexity index is 1300. The SMILES string of the molecule is CC/C=C\C/C=C\C/C=C\C/C=C\C/C=C\C/C=C\C/C=C\CCCCCCCCCCCCCCCCCC(=O)NC(COP(=O)(O)OCC[N+](C)(C)C)C(O)CCCCCC. The fourth-order valence-electron chi connectivity index (χ4n) is 6.91. The first-order valence-corrected chi connectivity index (χ1v) is 26.9. The van der Waals surface area contributed by atoms with Gasteiger partial charge in [-0.1, -0.05) is 208 Å². The van der Waals surface area contributed by atoms with Gasteiger partial charge < -0.3 is 19.8 Å². The average Bonchev–Trinajstić information content (AvgIpc) is 3.24. The minimum atomic E-state index is -4.30. The van der Waals surface area contributed by atoms with Crippen molar-refractivity contribution in [2.75, 3.05) is 40.9 Å². The Hall–Kier alpha value is -2.32. The van der Waals surface area contributed by atoms with Crippen molar-refractivity contribution in [3.05, 3.63) is 85.1 Å². The van der Waals surface area contributed by atoms with Crippen molar-refractivity contribution in [3.8, 4) is 0 Å². The Morgan fingerprint density at radius 1 is 0.556 bits per heavy atom. The van der Waals surface area contributed by atoms with Gasteiger partial charge in [0.15, 0.2) is 0 Å². The van der Waals surface area contributed by atoms with Gasteiger partial charge in [0.2, 0.25) is 5.91 Å². The van der Waals surface area contributed by atoms with E-state index < -0.39 is 20.0 Å². The van der Waals surface area contributed by atoms with Crippen LogP contribution in [0.2, 0.25) is 0 Å². The molecule has 1 amide bonds. The molecule has 364 valence electrons. The summed E-state index contributed by atoms with van der Waals surface area (Å²) in [6.45, 7) is 4.64. The van der Waals surface area contributed by atoms with Crippen molar-refractivity contribution < 1.29 is 32.9 Å². The summed E-state index contributed by atoms with van der Waals surface area (Å²) in [7, 11) is 1.60. The van der Waals surface area contributed by atoms with Crippen molar-refractivity contribution >= 4 is 13.7 Å². The quantitative estimate of drug-likeness (QED) is 0.0243. The van der Waals surface area contributed by atoms with Gasteiger partial charge >= 0.3 is 7.82 Å². The van der Waals surface area contributed by atoms with Gasteiger partial charge in [-0.15, -0.1) is 0 Å². The van der Waals surface area contributed by atoms with Crippen molar-refractivity contribution in [3.63, 3.8) is 0 Å². The lowest BCUT2D eigenvalue weighted by molar-refractivity contribution is -0.870. The zero-order chi connectivity index (χ0) is 46.4. The molecule has 0 radical (unpaired) electrons. The zero-order valence-electron chi connectivity index (χ0n) is 41.3. The molecule has 0 aromatic rings. The maximum atomic E-state index is 12.8. The Balaban J connectivity index is 3.80. The second-order valence-electron chi connectivity index (χ2n) is 18.2. The number of allylic oxidation sites excluding steroid dienone is 14. The number of nitrogens with zero attached hydrogens (tertiary/aromatic N) is 1. The van der Waals surface area contributed by atoms with Gasteiger partial charge in [0.25, 0.3) is 0 Å². The monoisotopic (exact) mass is 902 g/mol. The standard InChI is InChI=1S/C54H97N2O6P/c1-6-8-10-12-13-14-15-16-17-18-19-20-21-22-23-24-25-26-27-28-29-30-31-32-33-34-35-36-37-38-39-40-41-42-43-44-46-48-54(58)55-52(53(57)47-45-11-9-7-2)51-62-63(59,60)61-50-49-56(3,4)5/h8,10,13-14,16-17,19-20,22-23,25-26,28-29,52-53,57H,6-7,9,11-12,15,18,21,24,27,30-51H2,1-5H3,(H-,55,58,59,60)/p+1/b10-8-,14-13-,17-16-,20-19-,23-22-,26-25-,29-28-. The molecule has 3 unspecified atom stereocenters. The molecule has 0 saturated heterocycles. The number of unbranched alkanes of at least 4 members (excludes halogenated alkanes) is 18. The molecule has 0 saturated carbocycles. The molecule has 3 N–H and O–H groups in total. The molecule has 0 aliphatic heterocycles. The molecule has 0 aromatic carbocycles. The first-order chi connectivity index (χ1) is 30.5. The highest BCUT2D eigenvalue weighted by Crippen LogP contribution is 2.43. The molecule has 0 rings (SSSR count). The van der Waals surface area contributed by atoms with E-state index in [1.807, 2.05) is 21.1 Å². The zero-order valence-corrected chi connectivity index (χ0v) is 42.2. The van der Waals surface area contributed by atoms with E-state index in [2.05, 4.69) is 104 Å². The topological polar surface area (TPSA) is 105 Å². The van der Waals surface area contributed by atoms with Gasteiger partial charge in [0.1, 0.15) is 13.2 Å². The molecule has 9 heteroatoms. The summed E-state index contributed by atoms with van der Waals surface area (Å²) in [6.07, 6.45) is 62.8. The maximum absolute atomic E-state index is 12.8. The second kappa shape index (κ2) is 44.9. The van der Waals surface area contributed by atoms with Crippen LogP contribution in [0.3, 0.4) is 0 Å². The van der Waals surface area contributed by atoms with Crippen molar-refractivity contribution in [2.45, 2.75) is 212 Å². The number of rotatable bonds is 45. The lowest BCUT2D eigenvalue weighted by Crippen LogP contribution is -2.46. The van der Waals surface area contributed by atoms with Crippen LogP contribution in [0.1, 0.15) is 200 Å². The van der Waals surface area contributed by atoms with E-state index in [0.717, 1.165) is 89.9 Å². The number of aliphatic hydroxyl groups excluding tert-OH is 1. The minimum Gasteiger partial charge on any atom is -0.391 e. The van der Waals surface area contributed by atoms with E-state index in [-0.39, 0.29) is 19.1 Å². The van der Waals surface area contributed by atoms with E-state index in [1.54, 1.807) is 0 Å². The first-order valence-electron chi connectivity index (χ1n) is 25.5. The number of quaternary nitrogens is 1. The largest absolute Gasteiger partial charge is 0.472 e. The normalized spacial score (nSPS) is 14.8. The number of phosphoric ester groups is 1. The average molecular weight is 902 g/mol. The molecule has 0 aliphatic rings. The summed E-state index contributed by atoms with van der Waals surface area (Å²) in [6, 6.07) is -0.759. The van der Waals surface area contributed by atoms with Crippen molar-refractivity contribution in [1.29, 1.82) is 0 Å². The predicted molar refractivity (Wildman–Crippen MR) is 272 cm³/mol. The molecule has 63 heavy (non-hydrogen) atoms. The molecule has 0 fully saturated rings. The number of hydrogen-bond acceptors (Lipinski definition) is 5. The Morgan fingerprint density at radius 2 is 0.952 bits per heavy atom. The molecular formula is C54H98N2O6P+. The van der Waals surface area contributed by atoms with Gasteiger partial charge in [0.05, 0.1) is 39.9 Å². The fraction of sp³-hybridized carbons (Fsp3) is 0.722. The highest BCUT2D eigenvalue weighted by atomic mass is 31.2. The summed E-state index contributed by atoms with van der Waals surface area (Å²) >= 11 is 0. The highest BCUT2D eigenvalue weighted by Gasteiger charge is 2.28. The minimum absolute atomic E-state index is 0.0710. The third-order valence-electron chi connectivity index (χ3n) is 10.9. The molecule has 0 bridgehead atoms. The smallest absolute Gasteiger partial charge is 0.391 e. The van der Waals surface area contributed by atoms with Gasteiger partial charge in [-0.3, -0.25) is 13.8 Å². The van der Waals surface area contributed by atoms with Crippen LogP contribution in [0, 0.1) is 0 Å². The summed E-state index contributed by atoms with van der Waals surface area (Å²) in [4.78, 5) is 22.9. The van der Waals surface area contributed by atoms with Crippen LogP contribution in [0.4, 0.5) is 0 Å². The van der Waals surface area contributed by atoms with Gasteiger partial charge in [-0.05, 0) is 70.6 Å². The number of amides is 1. The van der Waals surface area contributed by atoms with Crippen LogP contribution in [-0.4, -0.2) is 73.4 Å². The molecular weight excluding hydrogens is 804 g/mol. The third kappa shape index (κ3) is 47.5. The first kappa shape index (κ1) is 60.7. The summed E-state index contributed by atoms with van der Waals surface area (Å²) in [5.41, 5.74) is 0.